The summed E-state index contributed by atoms with van der Waals surface area (Å²) in [5.74, 6) is -0.715. The van der Waals surface area contributed by atoms with Crippen LogP contribution in [0.2, 0.25) is 0 Å². The van der Waals surface area contributed by atoms with Crippen LogP contribution in [0.25, 0.3) is 0 Å². The molecule has 0 aliphatic rings. The summed E-state index contributed by atoms with van der Waals surface area (Å²) < 4.78 is 37.6. The highest BCUT2D eigenvalue weighted by Crippen LogP contribution is 2.33. The molecule has 0 atom stereocenters. The van der Waals surface area contributed by atoms with Crippen LogP contribution in [0.4, 0.5) is 19.0 Å². The first-order chi connectivity index (χ1) is 7.91. The number of alkyl halides is 3. The van der Waals surface area contributed by atoms with Crippen molar-refractivity contribution in [2.45, 2.75) is 19.0 Å². The zero-order valence-corrected chi connectivity index (χ0v) is 8.92. The summed E-state index contributed by atoms with van der Waals surface area (Å²) in [6.45, 7) is 0.211. The van der Waals surface area contributed by atoms with E-state index in [-0.39, 0.29) is 18.8 Å². The quantitative estimate of drug-likeness (QED) is 0.779. The van der Waals surface area contributed by atoms with Gasteiger partial charge in [-0.15, -0.1) is 0 Å². The first-order valence-electron chi connectivity index (χ1n) is 4.95. The van der Waals surface area contributed by atoms with Gasteiger partial charge in [-0.2, -0.15) is 13.2 Å². The molecule has 1 amide bonds. The lowest BCUT2D eigenvalue weighted by Gasteiger charge is -2.12. The SMILES string of the molecule is NC(=O)CCCNc1ncccc1C(F)(F)F. The molecule has 94 valence electrons. The predicted octanol–water partition coefficient (Wildman–Crippen LogP) is 1.78. The molecule has 0 unspecified atom stereocenters. The first-order valence-corrected chi connectivity index (χ1v) is 4.95. The topological polar surface area (TPSA) is 68.0 Å². The molecule has 1 aromatic heterocycles. The molecule has 0 radical (unpaired) electrons. The highest BCUT2D eigenvalue weighted by Gasteiger charge is 2.33. The molecule has 0 aliphatic heterocycles. The van der Waals surface area contributed by atoms with Crippen molar-refractivity contribution in [3.05, 3.63) is 23.9 Å². The molecule has 0 bridgehead atoms. The minimum atomic E-state index is -4.44. The standard InChI is InChI=1S/C10H12F3N3O/c11-10(12,13)7-3-1-5-15-9(7)16-6-2-4-8(14)17/h1,3,5H,2,4,6H2,(H2,14,17)(H,15,16). The number of hydrogen-bond acceptors (Lipinski definition) is 3. The summed E-state index contributed by atoms with van der Waals surface area (Å²) >= 11 is 0. The largest absolute Gasteiger partial charge is 0.419 e. The molecule has 0 saturated heterocycles. The molecule has 17 heavy (non-hydrogen) atoms. The number of carbonyl (C=O) groups excluding carboxylic acids is 1. The molecule has 0 saturated carbocycles. The third-order valence-electron chi connectivity index (χ3n) is 2.01. The molecule has 4 nitrogen and oxygen atoms in total. The number of hydrogen-bond donors (Lipinski definition) is 2. The highest BCUT2D eigenvalue weighted by molar-refractivity contribution is 5.73. The molecule has 1 aromatic rings. The summed E-state index contributed by atoms with van der Waals surface area (Å²) in [6, 6.07) is 2.17. The zero-order valence-electron chi connectivity index (χ0n) is 8.92. The number of nitrogens with two attached hydrogens (primary N) is 1. The molecule has 7 heteroatoms. The lowest BCUT2D eigenvalue weighted by atomic mass is 10.2. The van der Waals surface area contributed by atoms with Crippen molar-refractivity contribution < 1.29 is 18.0 Å². The van der Waals surface area contributed by atoms with E-state index in [4.69, 9.17) is 5.73 Å². The maximum atomic E-state index is 12.5. The van der Waals surface area contributed by atoms with Crippen molar-refractivity contribution in [1.82, 2.24) is 4.98 Å². The summed E-state index contributed by atoms with van der Waals surface area (Å²) in [7, 11) is 0. The number of rotatable bonds is 5. The van der Waals surface area contributed by atoms with Gasteiger partial charge in [-0.1, -0.05) is 0 Å². The summed E-state index contributed by atoms with van der Waals surface area (Å²) in [5, 5.41) is 2.54. The molecule has 1 heterocycles. The van der Waals surface area contributed by atoms with E-state index < -0.39 is 17.6 Å². The number of nitrogens with one attached hydrogen (secondary N) is 1. The fraction of sp³-hybridized carbons (Fsp3) is 0.400. The Hall–Kier alpha value is -1.79. The molecule has 0 spiro atoms. The van der Waals surface area contributed by atoms with Gasteiger partial charge in [-0.25, -0.2) is 4.98 Å². The molecule has 0 aromatic carbocycles. The second kappa shape index (κ2) is 5.51. The van der Waals surface area contributed by atoms with Crippen LogP contribution in [0.3, 0.4) is 0 Å². The number of carbonyl (C=O) groups is 1. The van der Waals surface area contributed by atoms with Crippen LogP contribution in [0.1, 0.15) is 18.4 Å². The third kappa shape index (κ3) is 4.29. The Morgan fingerprint density at radius 2 is 2.18 bits per heavy atom. The Labute approximate surface area is 96.0 Å². The van der Waals surface area contributed by atoms with Gasteiger partial charge in [0.2, 0.25) is 5.91 Å². The second-order valence-corrected chi connectivity index (χ2v) is 3.39. The van der Waals surface area contributed by atoms with E-state index in [2.05, 4.69) is 10.3 Å². The van der Waals surface area contributed by atoms with Crippen LogP contribution in [0.15, 0.2) is 18.3 Å². The number of amides is 1. The van der Waals surface area contributed by atoms with Crippen molar-refractivity contribution in [2.24, 2.45) is 5.73 Å². The average Bonchev–Trinajstić information content (AvgIpc) is 2.23. The van der Waals surface area contributed by atoms with Crippen molar-refractivity contribution in [3.8, 4) is 0 Å². The summed E-state index contributed by atoms with van der Waals surface area (Å²) in [4.78, 5) is 14.1. The van der Waals surface area contributed by atoms with Gasteiger partial charge in [0.15, 0.2) is 0 Å². The second-order valence-electron chi connectivity index (χ2n) is 3.39. The van der Waals surface area contributed by atoms with Crippen LogP contribution in [-0.2, 0) is 11.0 Å². The molecular weight excluding hydrogens is 235 g/mol. The predicted molar refractivity (Wildman–Crippen MR) is 56.2 cm³/mol. The Morgan fingerprint density at radius 1 is 1.47 bits per heavy atom. The number of nitrogens with zero attached hydrogens (tertiary/aromatic N) is 1. The lowest BCUT2D eigenvalue weighted by molar-refractivity contribution is -0.137. The van der Waals surface area contributed by atoms with Gasteiger partial charge in [0, 0.05) is 19.2 Å². The summed E-state index contributed by atoms with van der Waals surface area (Å²) in [5.41, 5.74) is 4.09. The fourth-order valence-corrected chi connectivity index (χ4v) is 1.24. The Kier molecular flexibility index (Phi) is 4.30. The monoisotopic (exact) mass is 247 g/mol. The van der Waals surface area contributed by atoms with Crippen LogP contribution < -0.4 is 11.1 Å². The van der Waals surface area contributed by atoms with Crippen molar-refractivity contribution >= 4 is 11.7 Å². The van der Waals surface area contributed by atoms with Gasteiger partial charge in [0.1, 0.15) is 5.82 Å². The van der Waals surface area contributed by atoms with Gasteiger partial charge < -0.3 is 11.1 Å². The van der Waals surface area contributed by atoms with E-state index in [0.717, 1.165) is 6.07 Å². The van der Waals surface area contributed by atoms with Gasteiger partial charge in [0.25, 0.3) is 0 Å². The Morgan fingerprint density at radius 3 is 2.76 bits per heavy atom. The van der Waals surface area contributed by atoms with Crippen molar-refractivity contribution in [1.29, 1.82) is 0 Å². The van der Waals surface area contributed by atoms with E-state index in [9.17, 15) is 18.0 Å². The Balaban J connectivity index is 2.62. The molecule has 3 N–H and O–H groups in total. The summed E-state index contributed by atoms with van der Waals surface area (Å²) in [6.07, 6.45) is -2.68. The van der Waals surface area contributed by atoms with Gasteiger partial charge in [0.05, 0.1) is 5.56 Å². The molecule has 0 fully saturated rings. The number of anilines is 1. The Bertz CT molecular complexity index is 393. The van der Waals surface area contributed by atoms with E-state index in [1.165, 1.54) is 12.3 Å². The number of aromatic nitrogens is 1. The first kappa shape index (κ1) is 13.3. The van der Waals surface area contributed by atoms with Crippen molar-refractivity contribution in [3.63, 3.8) is 0 Å². The van der Waals surface area contributed by atoms with E-state index in [1.54, 1.807) is 0 Å². The lowest BCUT2D eigenvalue weighted by Crippen LogP contribution is -2.15. The highest BCUT2D eigenvalue weighted by atomic mass is 19.4. The zero-order chi connectivity index (χ0) is 12.9. The minimum absolute atomic E-state index is 0.126. The van der Waals surface area contributed by atoms with Gasteiger partial charge in [-0.3, -0.25) is 4.79 Å². The van der Waals surface area contributed by atoms with Crippen LogP contribution in [-0.4, -0.2) is 17.4 Å². The van der Waals surface area contributed by atoms with E-state index in [0.29, 0.717) is 6.42 Å². The average molecular weight is 247 g/mol. The maximum absolute atomic E-state index is 12.5. The smallest absolute Gasteiger partial charge is 0.370 e. The fourth-order valence-electron chi connectivity index (χ4n) is 1.24. The number of pyridine rings is 1. The minimum Gasteiger partial charge on any atom is -0.370 e. The van der Waals surface area contributed by atoms with Crippen LogP contribution >= 0.6 is 0 Å². The third-order valence-corrected chi connectivity index (χ3v) is 2.01. The van der Waals surface area contributed by atoms with Gasteiger partial charge >= 0.3 is 6.18 Å². The van der Waals surface area contributed by atoms with E-state index in [1.807, 2.05) is 0 Å². The molecule has 0 aliphatic carbocycles. The van der Waals surface area contributed by atoms with Gasteiger partial charge in [-0.05, 0) is 18.6 Å². The normalized spacial score (nSPS) is 11.2. The maximum Gasteiger partial charge on any atom is 0.419 e. The molecular formula is C10H12F3N3O. The van der Waals surface area contributed by atoms with E-state index >= 15 is 0 Å². The number of halogens is 3. The van der Waals surface area contributed by atoms with Crippen LogP contribution in [0, 0.1) is 0 Å². The van der Waals surface area contributed by atoms with Crippen molar-refractivity contribution in [2.75, 3.05) is 11.9 Å². The number of primary amides is 1. The molecule has 1 rings (SSSR count). The van der Waals surface area contributed by atoms with Crippen LogP contribution in [0.5, 0.6) is 0 Å².